The minimum Gasteiger partial charge on any atom is -0.495 e. The molecule has 1 saturated heterocycles. The van der Waals surface area contributed by atoms with Crippen LogP contribution in [0.1, 0.15) is 34.5 Å². The van der Waals surface area contributed by atoms with E-state index in [-0.39, 0.29) is 24.3 Å². The second-order valence-corrected chi connectivity index (χ2v) is 10.2. The van der Waals surface area contributed by atoms with Gasteiger partial charge < -0.3 is 25.2 Å². The van der Waals surface area contributed by atoms with E-state index in [0.717, 1.165) is 54.4 Å². The number of nitrogens with zero attached hydrogens (tertiary/aromatic N) is 2. The quantitative estimate of drug-likeness (QED) is 0.281. The van der Waals surface area contributed by atoms with E-state index < -0.39 is 0 Å². The standard InChI is InChI=1S/C34H36N4O3/c1-25(27-13-7-4-8-14-27)35-34(40)29-24-28(36-33(39)23-26-11-5-3-6-12-26)17-18-30(29)37-19-21-38(22-20-37)31-15-9-10-16-32(31)41-2/h3-18,24-25H,19-23H2,1-2H3,(H,35,40)(H,36,39). The average molecular weight is 549 g/mol. The van der Waals surface area contributed by atoms with Gasteiger partial charge in [0.05, 0.1) is 30.8 Å². The van der Waals surface area contributed by atoms with Crippen molar-refractivity contribution in [3.8, 4) is 5.75 Å². The molecule has 4 aromatic rings. The molecule has 1 fully saturated rings. The molecule has 1 aliphatic rings. The van der Waals surface area contributed by atoms with Crippen LogP contribution >= 0.6 is 0 Å². The van der Waals surface area contributed by atoms with Crippen molar-refractivity contribution in [2.45, 2.75) is 19.4 Å². The lowest BCUT2D eigenvalue weighted by Gasteiger charge is -2.38. The molecule has 0 bridgehead atoms. The van der Waals surface area contributed by atoms with E-state index in [0.29, 0.717) is 11.3 Å². The Morgan fingerprint density at radius 1 is 0.780 bits per heavy atom. The van der Waals surface area contributed by atoms with E-state index in [9.17, 15) is 9.59 Å². The number of rotatable bonds is 9. The Hall–Kier alpha value is -4.78. The summed E-state index contributed by atoms with van der Waals surface area (Å²) in [6.45, 7) is 5.04. The molecule has 41 heavy (non-hydrogen) atoms. The van der Waals surface area contributed by atoms with Crippen molar-refractivity contribution >= 4 is 28.9 Å². The number of hydrogen-bond donors (Lipinski definition) is 2. The van der Waals surface area contributed by atoms with E-state index in [4.69, 9.17) is 4.74 Å². The number of nitrogens with one attached hydrogen (secondary N) is 2. The number of piperazine rings is 1. The van der Waals surface area contributed by atoms with Crippen molar-refractivity contribution in [1.82, 2.24) is 5.32 Å². The molecule has 2 amide bonds. The Balaban J connectivity index is 1.36. The fourth-order valence-electron chi connectivity index (χ4n) is 5.24. The molecule has 5 rings (SSSR count). The topological polar surface area (TPSA) is 73.9 Å². The largest absolute Gasteiger partial charge is 0.495 e. The summed E-state index contributed by atoms with van der Waals surface area (Å²) in [5.41, 5.74) is 5.02. The molecule has 2 N–H and O–H groups in total. The highest BCUT2D eigenvalue weighted by Gasteiger charge is 2.24. The Labute approximate surface area is 241 Å². The lowest BCUT2D eigenvalue weighted by atomic mass is 10.1. The summed E-state index contributed by atoms with van der Waals surface area (Å²) in [7, 11) is 1.69. The molecule has 0 aromatic heterocycles. The van der Waals surface area contributed by atoms with Crippen LogP contribution in [-0.4, -0.2) is 45.1 Å². The van der Waals surface area contributed by atoms with Crippen LogP contribution in [0.4, 0.5) is 17.1 Å². The van der Waals surface area contributed by atoms with Crippen molar-refractivity contribution in [1.29, 1.82) is 0 Å². The zero-order valence-electron chi connectivity index (χ0n) is 23.5. The van der Waals surface area contributed by atoms with Crippen LogP contribution in [0.2, 0.25) is 0 Å². The summed E-state index contributed by atoms with van der Waals surface area (Å²) < 4.78 is 5.57. The first-order chi connectivity index (χ1) is 20.0. The molecule has 210 valence electrons. The van der Waals surface area contributed by atoms with Gasteiger partial charge in [-0.2, -0.15) is 0 Å². The van der Waals surface area contributed by atoms with Crippen LogP contribution in [0, 0.1) is 0 Å². The molecule has 7 heteroatoms. The van der Waals surface area contributed by atoms with Crippen molar-refractivity contribution in [3.63, 3.8) is 0 Å². The zero-order chi connectivity index (χ0) is 28.6. The lowest BCUT2D eigenvalue weighted by molar-refractivity contribution is -0.115. The number of para-hydroxylation sites is 2. The van der Waals surface area contributed by atoms with Gasteiger partial charge in [0.2, 0.25) is 5.91 Å². The molecule has 1 atom stereocenters. The van der Waals surface area contributed by atoms with Gasteiger partial charge >= 0.3 is 0 Å². The fraction of sp³-hybridized carbons (Fsp3) is 0.235. The summed E-state index contributed by atoms with van der Waals surface area (Å²) in [6.07, 6.45) is 0.264. The highest BCUT2D eigenvalue weighted by molar-refractivity contribution is 6.02. The maximum atomic E-state index is 13.7. The molecule has 4 aromatic carbocycles. The normalized spacial score (nSPS) is 13.8. The third-order valence-electron chi connectivity index (χ3n) is 7.43. The van der Waals surface area contributed by atoms with Gasteiger partial charge in [-0.1, -0.05) is 72.8 Å². The molecule has 1 unspecified atom stereocenters. The molecule has 0 spiro atoms. The molecule has 7 nitrogen and oxygen atoms in total. The van der Waals surface area contributed by atoms with Crippen molar-refractivity contribution < 1.29 is 14.3 Å². The molecule has 0 aliphatic carbocycles. The third-order valence-corrected chi connectivity index (χ3v) is 7.43. The van der Waals surface area contributed by atoms with Gasteiger partial charge in [-0.25, -0.2) is 0 Å². The van der Waals surface area contributed by atoms with Gasteiger partial charge in [0.15, 0.2) is 0 Å². The van der Waals surface area contributed by atoms with Crippen LogP contribution in [0.5, 0.6) is 5.75 Å². The zero-order valence-corrected chi connectivity index (χ0v) is 23.5. The molecule has 0 saturated carbocycles. The Morgan fingerprint density at radius 3 is 2.07 bits per heavy atom. The van der Waals surface area contributed by atoms with Crippen LogP contribution < -0.4 is 25.2 Å². The van der Waals surface area contributed by atoms with E-state index in [1.807, 2.05) is 97.9 Å². The van der Waals surface area contributed by atoms with Crippen molar-refractivity contribution in [2.75, 3.05) is 48.4 Å². The average Bonchev–Trinajstić information content (AvgIpc) is 3.02. The van der Waals surface area contributed by atoms with Gasteiger partial charge in [-0.15, -0.1) is 0 Å². The van der Waals surface area contributed by atoms with Crippen LogP contribution in [-0.2, 0) is 11.2 Å². The number of anilines is 3. The van der Waals surface area contributed by atoms with Crippen LogP contribution in [0.25, 0.3) is 0 Å². The number of carbonyl (C=O) groups is 2. The molecular weight excluding hydrogens is 512 g/mol. The summed E-state index contributed by atoms with van der Waals surface area (Å²) >= 11 is 0. The van der Waals surface area contributed by atoms with Gasteiger partial charge in [-0.3, -0.25) is 9.59 Å². The lowest BCUT2D eigenvalue weighted by Crippen LogP contribution is -2.47. The summed E-state index contributed by atoms with van der Waals surface area (Å²) in [4.78, 5) is 31.1. The molecule has 1 aliphatic heterocycles. The maximum Gasteiger partial charge on any atom is 0.253 e. The number of benzene rings is 4. The Bertz CT molecular complexity index is 1470. The first-order valence-electron chi connectivity index (χ1n) is 14.0. The number of methoxy groups -OCH3 is 1. The molecule has 0 radical (unpaired) electrons. The highest BCUT2D eigenvalue weighted by atomic mass is 16.5. The van der Waals surface area contributed by atoms with Crippen LogP contribution in [0.15, 0.2) is 103 Å². The van der Waals surface area contributed by atoms with Crippen molar-refractivity contribution in [3.05, 3.63) is 120 Å². The molecule has 1 heterocycles. The second kappa shape index (κ2) is 13.0. The third kappa shape index (κ3) is 6.87. The summed E-state index contributed by atoms with van der Waals surface area (Å²) in [5.74, 6) is 0.549. The van der Waals surface area contributed by atoms with E-state index in [1.54, 1.807) is 13.2 Å². The Kier molecular flexibility index (Phi) is 8.84. The van der Waals surface area contributed by atoms with Crippen LogP contribution in [0.3, 0.4) is 0 Å². The summed E-state index contributed by atoms with van der Waals surface area (Å²) in [6, 6.07) is 33.0. The number of ether oxygens (including phenoxy) is 1. The predicted octanol–water partition coefficient (Wildman–Crippen LogP) is 5.69. The number of carbonyl (C=O) groups excluding carboxylic acids is 2. The minimum absolute atomic E-state index is 0.126. The summed E-state index contributed by atoms with van der Waals surface area (Å²) in [5, 5.41) is 6.14. The maximum absolute atomic E-state index is 13.7. The second-order valence-electron chi connectivity index (χ2n) is 10.2. The first-order valence-corrected chi connectivity index (χ1v) is 14.0. The SMILES string of the molecule is COc1ccccc1N1CCN(c2ccc(NC(=O)Cc3ccccc3)cc2C(=O)NC(C)c2ccccc2)CC1. The molecular formula is C34H36N4O3. The van der Waals surface area contributed by atoms with Crippen molar-refractivity contribution in [2.24, 2.45) is 0 Å². The van der Waals surface area contributed by atoms with E-state index >= 15 is 0 Å². The van der Waals surface area contributed by atoms with Gasteiger partial charge in [0.1, 0.15) is 5.75 Å². The van der Waals surface area contributed by atoms with Gasteiger partial charge in [0, 0.05) is 37.6 Å². The van der Waals surface area contributed by atoms with Gasteiger partial charge in [0.25, 0.3) is 5.91 Å². The minimum atomic E-state index is -0.178. The number of hydrogen-bond acceptors (Lipinski definition) is 5. The smallest absolute Gasteiger partial charge is 0.253 e. The monoisotopic (exact) mass is 548 g/mol. The fourth-order valence-corrected chi connectivity index (χ4v) is 5.24. The number of amides is 2. The van der Waals surface area contributed by atoms with E-state index in [1.165, 1.54) is 0 Å². The predicted molar refractivity (Wildman–Crippen MR) is 165 cm³/mol. The first kappa shape index (κ1) is 27.8. The van der Waals surface area contributed by atoms with Gasteiger partial charge in [-0.05, 0) is 48.4 Å². The Morgan fingerprint density at radius 2 is 1.39 bits per heavy atom. The highest BCUT2D eigenvalue weighted by Crippen LogP contribution is 2.31. The van der Waals surface area contributed by atoms with E-state index in [2.05, 4.69) is 26.5 Å².